The van der Waals surface area contributed by atoms with Gasteiger partial charge in [-0.15, -0.1) is 0 Å². The van der Waals surface area contributed by atoms with Crippen molar-refractivity contribution in [2.75, 3.05) is 20.6 Å². The Hall–Kier alpha value is 0.1000. The molecule has 0 saturated heterocycles. The lowest BCUT2D eigenvalue weighted by molar-refractivity contribution is 0.224. The van der Waals surface area contributed by atoms with Crippen LogP contribution in [0.2, 0.25) is 0 Å². The second-order valence-corrected chi connectivity index (χ2v) is 6.86. The molecular weight excluding hydrogens is 356 g/mol. The van der Waals surface area contributed by atoms with E-state index in [1.54, 1.807) is 0 Å². The molecule has 18 heavy (non-hydrogen) atoms. The summed E-state index contributed by atoms with van der Waals surface area (Å²) in [7, 11) is 4.28. The monoisotopic (exact) mass is 376 g/mol. The van der Waals surface area contributed by atoms with E-state index in [9.17, 15) is 0 Å². The summed E-state index contributed by atoms with van der Waals surface area (Å²) in [4.78, 5) is 2.29. The highest BCUT2D eigenvalue weighted by Crippen LogP contribution is 2.23. The third-order valence-corrected chi connectivity index (χ3v) is 4.98. The maximum absolute atomic E-state index is 3.53. The van der Waals surface area contributed by atoms with E-state index in [1.807, 2.05) is 0 Å². The molecule has 0 radical (unpaired) electrons. The van der Waals surface area contributed by atoms with Crippen LogP contribution in [0.5, 0.6) is 0 Å². The van der Waals surface area contributed by atoms with Gasteiger partial charge in [-0.3, -0.25) is 0 Å². The lowest BCUT2D eigenvalue weighted by atomic mass is 10.0. The Labute approximate surface area is 127 Å². The normalized spacial score (nSPS) is 13.3. The number of rotatable bonds is 6. The number of likely N-dealkylation sites (N-methyl/N-ethyl adjacent to an activating group) is 1. The van der Waals surface area contributed by atoms with Gasteiger partial charge in [0.05, 0.1) is 0 Å². The topological polar surface area (TPSA) is 15.3 Å². The van der Waals surface area contributed by atoms with Crippen molar-refractivity contribution in [2.24, 2.45) is 5.92 Å². The number of nitrogens with zero attached hydrogens (tertiary/aromatic N) is 1. The van der Waals surface area contributed by atoms with Crippen molar-refractivity contribution >= 4 is 31.9 Å². The molecule has 1 atom stereocenters. The van der Waals surface area contributed by atoms with Crippen LogP contribution in [0, 0.1) is 5.92 Å². The van der Waals surface area contributed by atoms with Crippen LogP contribution < -0.4 is 5.32 Å². The van der Waals surface area contributed by atoms with Gasteiger partial charge in [-0.1, -0.05) is 19.9 Å². The zero-order valence-electron chi connectivity index (χ0n) is 11.5. The van der Waals surface area contributed by atoms with Crippen LogP contribution in [0.3, 0.4) is 0 Å². The van der Waals surface area contributed by atoms with Crippen molar-refractivity contribution in [3.8, 4) is 0 Å². The maximum atomic E-state index is 3.53. The van der Waals surface area contributed by atoms with Crippen molar-refractivity contribution in [2.45, 2.75) is 26.4 Å². The minimum absolute atomic E-state index is 0.573. The number of hydrogen-bond acceptors (Lipinski definition) is 2. The van der Waals surface area contributed by atoms with Crippen molar-refractivity contribution in [3.05, 3.63) is 32.7 Å². The number of nitrogens with one attached hydrogen (secondary N) is 1. The lowest BCUT2D eigenvalue weighted by Gasteiger charge is -2.28. The molecule has 0 aliphatic rings. The predicted octanol–water partition coefficient (Wildman–Crippen LogP) is 3.89. The molecule has 2 nitrogen and oxygen atoms in total. The fourth-order valence-corrected chi connectivity index (χ4v) is 2.70. The molecule has 1 aromatic rings. The van der Waals surface area contributed by atoms with E-state index in [0.717, 1.165) is 22.0 Å². The Balaban J connectivity index is 2.47. The Morgan fingerprint density at radius 3 is 2.33 bits per heavy atom. The smallest absolute Gasteiger partial charge is 0.0320 e. The fraction of sp³-hybridized carbons (Fsp3) is 0.571. The van der Waals surface area contributed by atoms with Gasteiger partial charge in [0.2, 0.25) is 0 Å². The van der Waals surface area contributed by atoms with E-state index < -0.39 is 0 Å². The molecule has 1 unspecified atom stereocenters. The molecule has 1 N–H and O–H groups in total. The van der Waals surface area contributed by atoms with E-state index in [0.29, 0.717) is 12.0 Å². The van der Waals surface area contributed by atoms with Gasteiger partial charge >= 0.3 is 0 Å². The first kappa shape index (κ1) is 16.2. The molecular formula is C14H22Br2N2. The first-order valence-electron chi connectivity index (χ1n) is 6.23. The Bertz CT molecular complexity index is 370. The van der Waals surface area contributed by atoms with Crippen LogP contribution in [0.4, 0.5) is 0 Å². The molecule has 0 bridgehead atoms. The molecule has 0 saturated carbocycles. The molecule has 0 aliphatic carbocycles. The molecule has 0 aliphatic heterocycles. The van der Waals surface area contributed by atoms with Crippen molar-refractivity contribution in [1.29, 1.82) is 0 Å². The third kappa shape index (κ3) is 5.00. The molecule has 0 fully saturated rings. The van der Waals surface area contributed by atoms with Gasteiger partial charge in [0.1, 0.15) is 0 Å². The third-order valence-electron chi connectivity index (χ3n) is 3.10. The molecule has 0 heterocycles. The second kappa shape index (κ2) is 7.63. The van der Waals surface area contributed by atoms with E-state index in [4.69, 9.17) is 0 Å². The van der Waals surface area contributed by atoms with Crippen LogP contribution in [0.25, 0.3) is 0 Å². The van der Waals surface area contributed by atoms with E-state index in [2.05, 4.69) is 88.2 Å². The highest BCUT2D eigenvalue weighted by Gasteiger charge is 2.14. The zero-order chi connectivity index (χ0) is 13.7. The van der Waals surface area contributed by atoms with Crippen LogP contribution in [-0.4, -0.2) is 31.6 Å². The van der Waals surface area contributed by atoms with Crippen molar-refractivity contribution < 1.29 is 0 Å². The Morgan fingerprint density at radius 2 is 1.83 bits per heavy atom. The summed E-state index contributed by atoms with van der Waals surface area (Å²) in [5, 5.41) is 3.53. The van der Waals surface area contributed by atoms with Crippen molar-refractivity contribution in [3.63, 3.8) is 0 Å². The molecule has 1 aromatic carbocycles. The highest BCUT2D eigenvalue weighted by atomic mass is 79.9. The first-order valence-corrected chi connectivity index (χ1v) is 7.81. The summed E-state index contributed by atoms with van der Waals surface area (Å²) < 4.78 is 2.20. The summed E-state index contributed by atoms with van der Waals surface area (Å²) >= 11 is 7.02. The SMILES string of the molecule is CC(C)C(CNCc1ccc(Br)c(Br)c1)N(C)C. The van der Waals surface area contributed by atoms with Gasteiger partial charge in [-0.25, -0.2) is 0 Å². The predicted molar refractivity (Wildman–Crippen MR) is 85.9 cm³/mol. The van der Waals surface area contributed by atoms with E-state index in [1.165, 1.54) is 5.56 Å². The molecule has 0 amide bonds. The molecule has 0 spiro atoms. The van der Waals surface area contributed by atoms with E-state index >= 15 is 0 Å². The summed E-state index contributed by atoms with van der Waals surface area (Å²) in [6, 6.07) is 6.94. The average molecular weight is 378 g/mol. The number of hydrogen-bond donors (Lipinski definition) is 1. The Kier molecular flexibility index (Phi) is 6.85. The van der Waals surface area contributed by atoms with Crippen molar-refractivity contribution in [1.82, 2.24) is 10.2 Å². The standard InChI is InChI=1S/C14H22Br2N2/c1-10(2)14(18(3)4)9-17-8-11-5-6-12(15)13(16)7-11/h5-7,10,14,17H,8-9H2,1-4H3. The van der Waals surface area contributed by atoms with Gasteiger partial charge < -0.3 is 10.2 Å². The lowest BCUT2D eigenvalue weighted by Crippen LogP contribution is -2.41. The van der Waals surface area contributed by atoms with Crippen LogP contribution >= 0.6 is 31.9 Å². The zero-order valence-corrected chi connectivity index (χ0v) is 14.7. The van der Waals surface area contributed by atoms with Crippen LogP contribution in [0.1, 0.15) is 19.4 Å². The highest BCUT2D eigenvalue weighted by molar-refractivity contribution is 9.13. The average Bonchev–Trinajstić information content (AvgIpc) is 2.28. The minimum atomic E-state index is 0.573. The molecule has 4 heteroatoms. The molecule has 1 rings (SSSR count). The summed E-state index contributed by atoms with van der Waals surface area (Å²) in [6.07, 6.45) is 0. The summed E-state index contributed by atoms with van der Waals surface area (Å²) in [5.74, 6) is 0.657. The molecule has 102 valence electrons. The first-order chi connectivity index (χ1) is 8.41. The number of benzene rings is 1. The van der Waals surface area contributed by atoms with Crippen LogP contribution in [0.15, 0.2) is 27.1 Å². The quantitative estimate of drug-likeness (QED) is 0.808. The second-order valence-electron chi connectivity index (χ2n) is 5.15. The van der Waals surface area contributed by atoms with Gasteiger partial charge in [-0.2, -0.15) is 0 Å². The number of halogens is 2. The Morgan fingerprint density at radius 1 is 1.17 bits per heavy atom. The fourth-order valence-electron chi connectivity index (χ4n) is 2.03. The summed E-state index contributed by atoms with van der Waals surface area (Å²) in [5.41, 5.74) is 1.30. The summed E-state index contributed by atoms with van der Waals surface area (Å²) in [6.45, 7) is 6.45. The van der Waals surface area contributed by atoms with Crippen LogP contribution in [-0.2, 0) is 6.54 Å². The van der Waals surface area contributed by atoms with Gasteiger partial charge in [0.15, 0.2) is 0 Å². The molecule has 0 aromatic heterocycles. The van der Waals surface area contributed by atoms with E-state index in [-0.39, 0.29) is 0 Å². The minimum Gasteiger partial charge on any atom is -0.311 e. The van der Waals surface area contributed by atoms with Gasteiger partial charge in [0, 0.05) is 28.1 Å². The largest absolute Gasteiger partial charge is 0.311 e. The van der Waals surface area contributed by atoms with Gasteiger partial charge in [-0.05, 0) is 69.6 Å². The maximum Gasteiger partial charge on any atom is 0.0320 e. The van der Waals surface area contributed by atoms with Gasteiger partial charge in [0.25, 0.3) is 0 Å².